The Morgan fingerprint density at radius 3 is 3.13 bits per heavy atom. The van der Waals surface area contributed by atoms with Gasteiger partial charge in [-0.05, 0) is 38.0 Å². The molecule has 5 heteroatoms. The minimum atomic E-state index is -0.0677. The van der Waals surface area contributed by atoms with E-state index in [9.17, 15) is 9.90 Å². The number of benzene rings is 1. The number of hydrogen-bond acceptors (Lipinski definition) is 4. The number of aromatic nitrogens is 1. The number of pyridine rings is 1. The van der Waals surface area contributed by atoms with E-state index in [4.69, 9.17) is 4.74 Å². The maximum atomic E-state index is 12.0. The molecule has 2 atom stereocenters. The third-order valence-corrected chi connectivity index (χ3v) is 4.52. The van der Waals surface area contributed by atoms with E-state index in [-0.39, 0.29) is 17.6 Å². The predicted molar refractivity (Wildman–Crippen MR) is 87.2 cm³/mol. The fourth-order valence-electron chi connectivity index (χ4n) is 3.41. The zero-order valence-electron chi connectivity index (χ0n) is 13.4. The van der Waals surface area contributed by atoms with E-state index < -0.39 is 0 Å². The van der Waals surface area contributed by atoms with Gasteiger partial charge < -0.3 is 14.7 Å². The summed E-state index contributed by atoms with van der Waals surface area (Å²) in [6.45, 7) is 4.98. The Hall–Kier alpha value is -2.14. The molecular weight excluding hydrogens is 292 g/mol. The number of nitrogens with one attached hydrogen (secondary N) is 1. The quantitative estimate of drug-likeness (QED) is 0.835. The molecule has 23 heavy (non-hydrogen) atoms. The molecule has 2 heterocycles. The van der Waals surface area contributed by atoms with E-state index in [0.717, 1.165) is 43.4 Å². The van der Waals surface area contributed by atoms with Gasteiger partial charge in [-0.2, -0.15) is 0 Å². The van der Waals surface area contributed by atoms with E-state index in [1.54, 1.807) is 12.3 Å². The number of phenols is 1. The number of rotatable bonds is 4. The molecule has 1 aromatic carbocycles. The van der Waals surface area contributed by atoms with Gasteiger partial charge in [0.15, 0.2) is 0 Å². The fraction of sp³-hybridized carbons (Fsp3) is 0.444. The average Bonchev–Trinajstić information content (AvgIpc) is 2.58. The molecule has 0 radical (unpaired) electrons. The number of esters is 1. The Labute approximate surface area is 135 Å². The van der Waals surface area contributed by atoms with E-state index >= 15 is 0 Å². The number of carbonyl (C=O) groups is 1. The van der Waals surface area contributed by atoms with E-state index in [1.807, 2.05) is 25.1 Å². The summed E-state index contributed by atoms with van der Waals surface area (Å²) in [5.74, 6) is 0.143. The lowest BCUT2D eigenvalue weighted by molar-refractivity contribution is -0.921. The minimum absolute atomic E-state index is 0.000189. The molecule has 1 saturated heterocycles. The first-order valence-electron chi connectivity index (χ1n) is 8.24. The Morgan fingerprint density at radius 1 is 1.43 bits per heavy atom. The van der Waals surface area contributed by atoms with Gasteiger partial charge in [0.25, 0.3) is 0 Å². The Balaban J connectivity index is 1.77. The Bertz CT molecular complexity index is 702. The van der Waals surface area contributed by atoms with Crippen molar-refractivity contribution in [1.29, 1.82) is 0 Å². The van der Waals surface area contributed by atoms with Crippen molar-refractivity contribution < 1.29 is 19.5 Å². The molecule has 0 spiro atoms. The van der Waals surface area contributed by atoms with Crippen molar-refractivity contribution in [2.75, 3.05) is 19.7 Å². The molecule has 0 saturated carbocycles. The molecule has 1 fully saturated rings. The second kappa shape index (κ2) is 6.96. The molecule has 122 valence electrons. The molecule has 3 rings (SSSR count). The van der Waals surface area contributed by atoms with Crippen molar-refractivity contribution in [3.8, 4) is 5.75 Å². The van der Waals surface area contributed by atoms with Gasteiger partial charge in [-0.1, -0.05) is 6.07 Å². The van der Waals surface area contributed by atoms with E-state index in [0.29, 0.717) is 12.1 Å². The predicted octanol–water partition coefficient (Wildman–Crippen LogP) is 1.30. The van der Waals surface area contributed by atoms with Crippen molar-refractivity contribution in [2.45, 2.75) is 26.3 Å². The second-order valence-corrected chi connectivity index (χ2v) is 6.12. The van der Waals surface area contributed by atoms with Crippen LogP contribution in [0.5, 0.6) is 5.75 Å². The van der Waals surface area contributed by atoms with Crippen LogP contribution in [-0.2, 0) is 16.1 Å². The largest absolute Gasteiger partial charge is 0.506 e. The topological polar surface area (TPSA) is 63.9 Å². The summed E-state index contributed by atoms with van der Waals surface area (Å²) in [4.78, 5) is 17.6. The lowest BCUT2D eigenvalue weighted by Gasteiger charge is -2.29. The van der Waals surface area contributed by atoms with Crippen LogP contribution in [0.1, 0.15) is 25.3 Å². The first-order valence-corrected chi connectivity index (χ1v) is 8.24. The summed E-state index contributed by atoms with van der Waals surface area (Å²) in [5, 5.41) is 10.9. The molecule has 2 N–H and O–H groups in total. The molecule has 1 aromatic heterocycles. The standard InChI is InChI=1S/C18H22N2O3/c1-2-23-18(22)14-5-4-10-20(12-14)11-13-7-8-16(21)17-15(13)6-3-9-19-17/h3,6-9,14,21H,2,4-5,10-12H2,1H3/p+1. The normalized spacial score (nSPS) is 21.3. The van der Waals surface area contributed by atoms with Crippen molar-refractivity contribution in [3.05, 3.63) is 36.0 Å². The molecule has 1 aliphatic rings. The highest BCUT2D eigenvalue weighted by Gasteiger charge is 2.30. The molecule has 2 unspecified atom stereocenters. The lowest BCUT2D eigenvalue weighted by atomic mass is 9.97. The van der Waals surface area contributed by atoms with Gasteiger partial charge in [0.1, 0.15) is 23.7 Å². The number of hydrogen-bond donors (Lipinski definition) is 2. The number of phenolic OH excluding ortho intramolecular Hbond substituents is 1. The van der Waals surface area contributed by atoms with Gasteiger partial charge in [-0.3, -0.25) is 9.78 Å². The zero-order chi connectivity index (χ0) is 16.2. The molecule has 1 aliphatic heterocycles. The van der Waals surface area contributed by atoms with Crippen LogP contribution in [-0.4, -0.2) is 35.8 Å². The number of likely N-dealkylation sites (tertiary alicyclic amines) is 1. The molecule has 0 amide bonds. The average molecular weight is 315 g/mol. The third kappa shape index (κ3) is 3.45. The first-order chi connectivity index (χ1) is 11.2. The van der Waals surface area contributed by atoms with E-state index in [2.05, 4.69) is 4.98 Å². The van der Waals surface area contributed by atoms with Gasteiger partial charge in [0.2, 0.25) is 0 Å². The highest BCUT2D eigenvalue weighted by atomic mass is 16.5. The first kappa shape index (κ1) is 15.7. The van der Waals surface area contributed by atoms with Gasteiger partial charge in [0.05, 0.1) is 19.7 Å². The highest BCUT2D eigenvalue weighted by molar-refractivity contribution is 5.87. The van der Waals surface area contributed by atoms with Crippen LogP contribution in [0.2, 0.25) is 0 Å². The summed E-state index contributed by atoms with van der Waals surface area (Å²) in [7, 11) is 0. The summed E-state index contributed by atoms with van der Waals surface area (Å²) < 4.78 is 5.17. The molecule has 0 aliphatic carbocycles. The fourth-order valence-corrected chi connectivity index (χ4v) is 3.41. The van der Waals surface area contributed by atoms with Crippen LogP contribution in [0, 0.1) is 5.92 Å². The Kier molecular flexibility index (Phi) is 4.76. The van der Waals surface area contributed by atoms with Crippen LogP contribution < -0.4 is 4.90 Å². The number of nitrogens with zero attached hydrogens (tertiary/aromatic N) is 1. The number of quaternary nitrogens is 1. The summed E-state index contributed by atoms with van der Waals surface area (Å²) in [6, 6.07) is 7.54. The monoisotopic (exact) mass is 315 g/mol. The molecule has 5 nitrogen and oxygen atoms in total. The SMILES string of the molecule is CCOC(=O)C1CCC[NH+](Cc2ccc(O)c3ncccc23)C1. The van der Waals surface area contributed by atoms with Crippen LogP contribution in [0.3, 0.4) is 0 Å². The summed E-state index contributed by atoms with van der Waals surface area (Å²) in [6.07, 6.45) is 3.64. The maximum absolute atomic E-state index is 12.0. The number of piperidine rings is 1. The number of aromatic hydroxyl groups is 1. The van der Waals surface area contributed by atoms with Gasteiger partial charge in [-0.15, -0.1) is 0 Å². The van der Waals surface area contributed by atoms with Gasteiger partial charge >= 0.3 is 5.97 Å². The number of fused-ring (bicyclic) bond motifs is 1. The maximum Gasteiger partial charge on any atom is 0.314 e. The number of carbonyl (C=O) groups excluding carboxylic acids is 1. The smallest absolute Gasteiger partial charge is 0.314 e. The summed E-state index contributed by atoms with van der Waals surface area (Å²) >= 11 is 0. The minimum Gasteiger partial charge on any atom is -0.506 e. The zero-order valence-corrected chi connectivity index (χ0v) is 13.4. The van der Waals surface area contributed by atoms with E-state index in [1.165, 1.54) is 4.90 Å². The Morgan fingerprint density at radius 2 is 2.30 bits per heavy atom. The van der Waals surface area contributed by atoms with Crippen molar-refractivity contribution >= 4 is 16.9 Å². The molecular formula is C18H23N2O3+. The van der Waals surface area contributed by atoms with Crippen molar-refractivity contribution in [3.63, 3.8) is 0 Å². The van der Waals surface area contributed by atoms with Crippen LogP contribution in [0.15, 0.2) is 30.5 Å². The third-order valence-electron chi connectivity index (χ3n) is 4.52. The lowest BCUT2D eigenvalue weighted by Crippen LogP contribution is -3.12. The van der Waals surface area contributed by atoms with Gasteiger partial charge in [-0.25, -0.2) is 0 Å². The van der Waals surface area contributed by atoms with Crippen molar-refractivity contribution in [1.82, 2.24) is 4.98 Å². The molecule has 0 bridgehead atoms. The van der Waals surface area contributed by atoms with Crippen LogP contribution >= 0.6 is 0 Å². The number of ether oxygens (including phenoxy) is 1. The van der Waals surface area contributed by atoms with Crippen LogP contribution in [0.25, 0.3) is 10.9 Å². The van der Waals surface area contributed by atoms with Crippen molar-refractivity contribution in [2.24, 2.45) is 5.92 Å². The second-order valence-electron chi connectivity index (χ2n) is 6.12. The highest BCUT2D eigenvalue weighted by Crippen LogP contribution is 2.25. The van der Waals surface area contributed by atoms with Gasteiger partial charge in [0, 0.05) is 17.1 Å². The molecule has 2 aromatic rings. The summed E-state index contributed by atoms with van der Waals surface area (Å²) in [5.41, 5.74) is 1.80. The van der Waals surface area contributed by atoms with Crippen LogP contribution in [0.4, 0.5) is 0 Å².